The van der Waals surface area contributed by atoms with Crippen molar-refractivity contribution in [1.29, 1.82) is 0 Å². The van der Waals surface area contributed by atoms with Crippen LogP contribution < -0.4 is 0 Å². The van der Waals surface area contributed by atoms with Gasteiger partial charge in [-0.2, -0.15) is 0 Å². The second kappa shape index (κ2) is 6.95. The van der Waals surface area contributed by atoms with Gasteiger partial charge in [0, 0.05) is 29.4 Å². The van der Waals surface area contributed by atoms with Gasteiger partial charge in [0.2, 0.25) is 5.62 Å². The van der Waals surface area contributed by atoms with Crippen molar-refractivity contribution in [3.8, 4) is 0 Å². The minimum absolute atomic E-state index is 0.213. The van der Waals surface area contributed by atoms with Crippen LogP contribution in [0.25, 0.3) is 0 Å². The molecule has 3 atom stereocenters. The molecule has 0 N–H and O–H groups in total. The lowest BCUT2D eigenvalue weighted by Gasteiger charge is -2.54. The maximum Gasteiger partial charge on any atom is 0.208 e. The van der Waals surface area contributed by atoms with Crippen molar-refractivity contribution >= 4 is 67.1 Å². The summed E-state index contributed by atoms with van der Waals surface area (Å²) < 4.78 is 11.6. The van der Waals surface area contributed by atoms with Gasteiger partial charge in [0.05, 0.1) is 11.2 Å². The summed E-state index contributed by atoms with van der Waals surface area (Å²) in [6.07, 6.45) is 1.04. The largest absolute Gasteiger partial charge is 0.347 e. The van der Waals surface area contributed by atoms with Crippen LogP contribution in [-0.2, 0) is 9.47 Å². The minimum atomic E-state index is -1.34. The Morgan fingerprint density at radius 1 is 1.23 bits per heavy atom. The first-order chi connectivity index (χ1) is 10.7. The zero-order valence-electron chi connectivity index (χ0n) is 12.6. The van der Waals surface area contributed by atoms with Gasteiger partial charge in [-0.15, -0.1) is 0 Å². The van der Waals surface area contributed by atoms with Crippen LogP contribution in [0.1, 0.15) is 13.3 Å². The molecule has 2 heterocycles. The van der Waals surface area contributed by atoms with Crippen molar-refractivity contribution < 1.29 is 9.47 Å². The van der Waals surface area contributed by atoms with Crippen molar-refractivity contribution in [2.45, 2.75) is 28.7 Å². The smallest absolute Gasteiger partial charge is 0.208 e. The van der Waals surface area contributed by atoms with Crippen LogP contribution in [0.15, 0.2) is 34.2 Å². The molecule has 3 radical (unpaired) electrons. The molecule has 1 spiro atoms. The number of para-hydroxylation sites is 1. The highest BCUT2D eigenvalue weighted by atomic mass is 34.1. The first-order valence-corrected chi connectivity index (χ1v) is 15.8. The molecule has 0 bridgehead atoms. The number of fused-ring (bicyclic) bond motifs is 2. The second-order valence-corrected chi connectivity index (χ2v) is 22.7. The number of aliphatic imine (C=N–C) groups is 1. The molecule has 3 rings (SSSR count). The highest BCUT2D eigenvalue weighted by Gasteiger charge is 2.59. The van der Waals surface area contributed by atoms with E-state index in [1.54, 1.807) is 14.2 Å². The molecular formula is C13H18NO2S5Si. The highest BCUT2D eigenvalue weighted by Crippen LogP contribution is 3.07. The van der Waals surface area contributed by atoms with E-state index in [1.807, 2.05) is 29.5 Å². The number of hydrogen-bond donors (Lipinski definition) is 0. The topological polar surface area (TPSA) is 30.8 Å². The van der Waals surface area contributed by atoms with Crippen molar-refractivity contribution in [2.75, 3.05) is 14.2 Å². The maximum atomic E-state index is 5.81. The Bertz CT molecular complexity index is 587. The number of hydrogen-bond acceptors (Lipinski definition) is 6. The summed E-state index contributed by atoms with van der Waals surface area (Å²) in [4.78, 5) is 6.46. The van der Waals surface area contributed by atoms with Crippen LogP contribution in [0.3, 0.4) is 0 Å². The van der Waals surface area contributed by atoms with E-state index in [1.165, 1.54) is 4.90 Å². The van der Waals surface area contributed by atoms with Crippen LogP contribution in [0, 0.1) is 0 Å². The third-order valence-electron chi connectivity index (χ3n) is 3.57. The summed E-state index contributed by atoms with van der Waals surface area (Å²) >= 11 is 0. The van der Waals surface area contributed by atoms with Crippen molar-refractivity contribution in [2.24, 2.45) is 4.99 Å². The van der Waals surface area contributed by atoms with Crippen LogP contribution >= 0.6 is 45.7 Å². The molecule has 1 fully saturated rings. The summed E-state index contributed by atoms with van der Waals surface area (Å²) in [5.41, 5.74) is 3.10. The van der Waals surface area contributed by atoms with E-state index in [0.717, 1.165) is 12.1 Å². The van der Waals surface area contributed by atoms with Gasteiger partial charge >= 0.3 is 0 Å². The molecule has 22 heavy (non-hydrogen) atoms. The molecule has 0 amide bonds. The molecule has 3 nitrogen and oxygen atoms in total. The first kappa shape index (κ1) is 17.6. The zero-order chi connectivity index (χ0) is 15.8. The summed E-state index contributed by atoms with van der Waals surface area (Å²) in [6.45, 7) is 2.22. The van der Waals surface area contributed by atoms with Gasteiger partial charge in [0.15, 0.2) is 0 Å². The Kier molecular flexibility index (Phi) is 5.56. The van der Waals surface area contributed by atoms with E-state index in [-0.39, 0.29) is 5.62 Å². The lowest BCUT2D eigenvalue weighted by molar-refractivity contribution is -0.0356. The molecule has 1 saturated heterocycles. The minimum Gasteiger partial charge on any atom is -0.347 e. The third-order valence-corrected chi connectivity index (χ3v) is 34.1. The van der Waals surface area contributed by atoms with E-state index in [4.69, 9.17) is 14.5 Å². The molecule has 0 aliphatic carbocycles. The molecule has 1 aromatic rings. The van der Waals surface area contributed by atoms with Gasteiger partial charge in [-0.05, 0) is 52.9 Å². The highest BCUT2D eigenvalue weighted by molar-refractivity contribution is 9.74. The Balaban J connectivity index is 2.20. The molecule has 3 unspecified atom stereocenters. The van der Waals surface area contributed by atoms with Crippen LogP contribution in [0.4, 0.5) is 5.69 Å². The summed E-state index contributed by atoms with van der Waals surface area (Å²) in [7, 11) is 10.7. The lowest BCUT2D eigenvalue weighted by atomic mass is 10.3. The van der Waals surface area contributed by atoms with Crippen LogP contribution in [0.2, 0.25) is 0 Å². The second-order valence-electron chi connectivity index (χ2n) is 4.70. The number of rotatable bonds is 5. The van der Waals surface area contributed by atoms with Gasteiger partial charge in [0.25, 0.3) is 0 Å². The molecule has 0 aromatic heterocycles. The molecule has 0 saturated carbocycles. The SMILES string of the molecule is CCC([Si])S1(C(OC)OC)SSSS12C=Nc1ccccc12. The Labute approximate surface area is 148 Å². The van der Waals surface area contributed by atoms with E-state index in [0.29, 0.717) is 4.87 Å². The fourth-order valence-corrected chi connectivity index (χ4v) is 44.6. The standard InChI is InChI=1S/C13H18NO2S5Si/c1-4-12(22)21(13(15-2)16-3)19-17-18-20(21)9-14-10-7-5-6-8-11(10)20/h5-9,12-13H,4H2,1-3H3. The van der Waals surface area contributed by atoms with E-state index < -0.39 is 16.2 Å². The molecule has 121 valence electrons. The molecule has 1 aromatic carbocycles. The normalized spacial score (nSPS) is 37.0. The van der Waals surface area contributed by atoms with Crippen LogP contribution in [0.5, 0.6) is 0 Å². The summed E-state index contributed by atoms with van der Waals surface area (Å²) in [6, 6.07) is 8.51. The third kappa shape index (κ3) is 2.35. The molecule has 9 heteroatoms. The number of benzene rings is 1. The van der Waals surface area contributed by atoms with E-state index in [2.05, 4.69) is 47.0 Å². The molecular weight excluding hydrogens is 391 g/mol. The van der Waals surface area contributed by atoms with Crippen molar-refractivity contribution in [3.63, 3.8) is 0 Å². The fraction of sp³-hybridized carbons (Fsp3) is 0.462. The monoisotopic (exact) mass is 408 g/mol. The Hall–Kier alpha value is 0.777. The number of nitrogens with zero attached hydrogens (tertiary/aromatic N) is 1. The summed E-state index contributed by atoms with van der Waals surface area (Å²) in [5, 5.41) is 0. The van der Waals surface area contributed by atoms with Gasteiger partial charge in [0.1, 0.15) is 0 Å². The zero-order valence-corrected chi connectivity index (χ0v) is 17.6. The molecule has 2 aliphatic rings. The summed E-state index contributed by atoms with van der Waals surface area (Å²) in [5.74, 6) is 0. The Morgan fingerprint density at radius 2 is 1.95 bits per heavy atom. The average molecular weight is 409 g/mol. The predicted octanol–water partition coefficient (Wildman–Crippen LogP) is 5.60. The number of methoxy groups -OCH3 is 2. The van der Waals surface area contributed by atoms with E-state index >= 15 is 0 Å². The first-order valence-electron chi connectivity index (χ1n) is 6.75. The Morgan fingerprint density at radius 3 is 2.64 bits per heavy atom. The predicted molar refractivity (Wildman–Crippen MR) is 108 cm³/mol. The quantitative estimate of drug-likeness (QED) is 0.360. The number of ether oxygens (including phenoxy) is 2. The van der Waals surface area contributed by atoms with E-state index in [9.17, 15) is 0 Å². The van der Waals surface area contributed by atoms with Crippen molar-refractivity contribution in [1.82, 2.24) is 0 Å². The van der Waals surface area contributed by atoms with Gasteiger partial charge < -0.3 is 9.47 Å². The van der Waals surface area contributed by atoms with Gasteiger partial charge in [-0.1, -0.05) is 35.2 Å². The van der Waals surface area contributed by atoms with Crippen LogP contribution in [-0.4, -0.2) is 40.5 Å². The molecule has 2 aliphatic heterocycles. The average Bonchev–Trinajstić information content (AvgIpc) is 3.12. The van der Waals surface area contributed by atoms with Gasteiger partial charge in [-0.3, -0.25) is 0 Å². The maximum absolute atomic E-state index is 5.81. The lowest BCUT2D eigenvalue weighted by Crippen LogP contribution is -2.30. The van der Waals surface area contributed by atoms with Gasteiger partial charge in [-0.25, -0.2) is 4.99 Å². The van der Waals surface area contributed by atoms with Crippen molar-refractivity contribution in [3.05, 3.63) is 24.3 Å². The fourth-order valence-electron chi connectivity index (χ4n) is 2.53.